The van der Waals surface area contributed by atoms with Crippen molar-refractivity contribution < 1.29 is 4.74 Å². The van der Waals surface area contributed by atoms with Gasteiger partial charge in [-0.2, -0.15) is 0 Å². The van der Waals surface area contributed by atoms with E-state index >= 15 is 0 Å². The van der Waals surface area contributed by atoms with Gasteiger partial charge in [-0.3, -0.25) is 5.01 Å². The molecule has 4 heteroatoms. The van der Waals surface area contributed by atoms with Crippen molar-refractivity contribution in [3.63, 3.8) is 0 Å². The molecule has 0 radical (unpaired) electrons. The number of anilines is 1. The molecule has 0 saturated carbocycles. The maximum atomic E-state index is 5.30. The molecule has 0 bridgehead atoms. The van der Waals surface area contributed by atoms with Gasteiger partial charge in [-0.25, -0.2) is 0 Å². The Morgan fingerprint density at radius 2 is 1.83 bits per heavy atom. The van der Waals surface area contributed by atoms with Crippen LogP contribution in [0.25, 0.3) is 0 Å². The number of para-hydroxylation sites is 1. The number of nitrogens with zero attached hydrogens (tertiary/aromatic N) is 1. The van der Waals surface area contributed by atoms with Crippen molar-refractivity contribution in [3.8, 4) is 5.75 Å². The number of hydrogen-bond acceptors (Lipinski definition) is 4. The van der Waals surface area contributed by atoms with Crippen LogP contribution < -0.4 is 20.5 Å². The molecule has 4 rings (SSSR count). The number of benzene rings is 2. The highest BCUT2D eigenvalue weighted by atomic mass is 16.5. The van der Waals surface area contributed by atoms with E-state index < -0.39 is 0 Å². The molecule has 0 aromatic heterocycles. The third-order valence-electron chi connectivity index (χ3n) is 4.63. The van der Waals surface area contributed by atoms with E-state index in [0.717, 1.165) is 18.8 Å². The number of rotatable bonds is 3. The Morgan fingerprint density at radius 1 is 1.04 bits per heavy atom. The second-order valence-electron chi connectivity index (χ2n) is 5.96. The topological polar surface area (TPSA) is 36.5 Å². The smallest absolute Gasteiger partial charge is 0.118 e. The minimum atomic E-state index is 0.266. The van der Waals surface area contributed by atoms with Crippen LogP contribution in [0, 0.1) is 5.92 Å². The van der Waals surface area contributed by atoms with Crippen LogP contribution in [-0.4, -0.2) is 20.2 Å². The first-order valence-electron chi connectivity index (χ1n) is 8.02. The summed E-state index contributed by atoms with van der Waals surface area (Å²) in [4.78, 5) is 0. The second kappa shape index (κ2) is 5.97. The van der Waals surface area contributed by atoms with Crippen molar-refractivity contribution in [2.75, 3.05) is 25.2 Å². The van der Waals surface area contributed by atoms with Crippen LogP contribution in [0.2, 0.25) is 0 Å². The van der Waals surface area contributed by atoms with Crippen LogP contribution in [0.3, 0.4) is 0 Å². The number of ether oxygens (including phenoxy) is 1. The fourth-order valence-electron chi connectivity index (χ4n) is 3.48. The van der Waals surface area contributed by atoms with E-state index in [-0.39, 0.29) is 6.04 Å². The summed E-state index contributed by atoms with van der Waals surface area (Å²) in [5.74, 6) is 1.32. The van der Waals surface area contributed by atoms with E-state index in [1.165, 1.54) is 16.9 Å². The third-order valence-corrected chi connectivity index (χ3v) is 4.63. The Balaban J connectivity index is 1.74. The fourth-order valence-corrected chi connectivity index (χ4v) is 3.48. The van der Waals surface area contributed by atoms with Crippen LogP contribution >= 0.6 is 0 Å². The highest BCUT2D eigenvalue weighted by Gasteiger charge is 2.39. The molecule has 0 amide bonds. The highest BCUT2D eigenvalue weighted by molar-refractivity contribution is 5.52. The van der Waals surface area contributed by atoms with Crippen molar-refractivity contribution in [3.05, 3.63) is 71.9 Å². The van der Waals surface area contributed by atoms with Crippen LogP contribution in [0.15, 0.2) is 66.4 Å². The lowest BCUT2D eigenvalue weighted by molar-refractivity contribution is 0.414. The van der Waals surface area contributed by atoms with E-state index in [1.807, 2.05) is 12.1 Å². The Labute approximate surface area is 136 Å². The van der Waals surface area contributed by atoms with E-state index in [2.05, 4.69) is 64.3 Å². The van der Waals surface area contributed by atoms with Crippen LogP contribution in [0.5, 0.6) is 5.75 Å². The third kappa shape index (κ3) is 2.55. The van der Waals surface area contributed by atoms with E-state index in [0.29, 0.717) is 5.92 Å². The molecule has 0 spiro atoms. The molecule has 4 nitrogen and oxygen atoms in total. The molecule has 2 heterocycles. The van der Waals surface area contributed by atoms with Gasteiger partial charge in [0.1, 0.15) is 5.75 Å². The molecule has 1 saturated heterocycles. The van der Waals surface area contributed by atoms with Crippen molar-refractivity contribution >= 4 is 5.69 Å². The Hall–Kier alpha value is -2.46. The number of nitrogens with one attached hydrogen (secondary N) is 2. The fraction of sp³-hybridized carbons (Fsp3) is 0.263. The minimum absolute atomic E-state index is 0.266. The summed E-state index contributed by atoms with van der Waals surface area (Å²) < 4.78 is 5.30. The summed E-state index contributed by atoms with van der Waals surface area (Å²) in [6.07, 6.45) is 2.26. The second-order valence-corrected chi connectivity index (χ2v) is 5.96. The molecule has 23 heavy (non-hydrogen) atoms. The lowest BCUT2D eigenvalue weighted by Crippen LogP contribution is -2.33. The van der Waals surface area contributed by atoms with Crippen molar-refractivity contribution in [1.29, 1.82) is 0 Å². The highest BCUT2D eigenvalue weighted by Crippen LogP contribution is 2.41. The van der Waals surface area contributed by atoms with Gasteiger partial charge in [0.25, 0.3) is 0 Å². The van der Waals surface area contributed by atoms with Gasteiger partial charge in [0.05, 0.1) is 18.8 Å². The van der Waals surface area contributed by atoms with Gasteiger partial charge in [0, 0.05) is 24.7 Å². The molecule has 2 atom stereocenters. The number of hydrogen-bond donors (Lipinski definition) is 2. The number of hydrazine groups is 1. The molecule has 2 aromatic carbocycles. The normalized spacial score (nSPS) is 23.0. The van der Waals surface area contributed by atoms with Gasteiger partial charge in [0.15, 0.2) is 0 Å². The van der Waals surface area contributed by atoms with Crippen LogP contribution in [0.1, 0.15) is 11.6 Å². The Morgan fingerprint density at radius 3 is 2.57 bits per heavy atom. The zero-order valence-corrected chi connectivity index (χ0v) is 13.2. The average molecular weight is 307 g/mol. The SMILES string of the molecule is COc1ccc(C2C3CNCC=C3NN2c2ccccc2)cc1. The maximum absolute atomic E-state index is 5.30. The molecule has 118 valence electrons. The van der Waals surface area contributed by atoms with E-state index in [1.54, 1.807) is 7.11 Å². The van der Waals surface area contributed by atoms with Crippen LogP contribution in [-0.2, 0) is 0 Å². The molecule has 2 unspecified atom stereocenters. The summed E-state index contributed by atoms with van der Waals surface area (Å²) in [6.45, 7) is 1.91. The monoisotopic (exact) mass is 307 g/mol. The zero-order chi connectivity index (χ0) is 15.6. The summed E-state index contributed by atoms with van der Waals surface area (Å²) in [5.41, 5.74) is 7.40. The van der Waals surface area contributed by atoms with Gasteiger partial charge < -0.3 is 15.5 Å². The van der Waals surface area contributed by atoms with Gasteiger partial charge in [-0.15, -0.1) is 0 Å². The van der Waals surface area contributed by atoms with Crippen molar-refractivity contribution in [1.82, 2.24) is 10.7 Å². The van der Waals surface area contributed by atoms with Crippen molar-refractivity contribution in [2.45, 2.75) is 6.04 Å². The number of methoxy groups -OCH3 is 1. The van der Waals surface area contributed by atoms with Gasteiger partial charge in [-0.05, 0) is 35.9 Å². The van der Waals surface area contributed by atoms with E-state index in [4.69, 9.17) is 4.74 Å². The molecule has 2 N–H and O–H groups in total. The largest absolute Gasteiger partial charge is 0.497 e. The number of fused-ring (bicyclic) bond motifs is 1. The summed E-state index contributed by atoms with van der Waals surface area (Å²) in [5, 5.41) is 5.77. The first-order valence-corrected chi connectivity index (χ1v) is 8.02. The predicted octanol–water partition coefficient (Wildman–Crippen LogP) is 2.86. The maximum Gasteiger partial charge on any atom is 0.118 e. The van der Waals surface area contributed by atoms with Gasteiger partial charge in [0.2, 0.25) is 0 Å². The molecule has 0 aliphatic carbocycles. The van der Waals surface area contributed by atoms with E-state index in [9.17, 15) is 0 Å². The molecule has 2 aromatic rings. The van der Waals surface area contributed by atoms with Crippen molar-refractivity contribution in [2.24, 2.45) is 5.92 Å². The first kappa shape index (κ1) is 14.2. The summed E-state index contributed by atoms with van der Waals surface area (Å²) >= 11 is 0. The average Bonchev–Trinajstić information content (AvgIpc) is 3.02. The summed E-state index contributed by atoms with van der Waals surface area (Å²) in [7, 11) is 1.70. The quantitative estimate of drug-likeness (QED) is 0.914. The zero-order valence-electron chi connectivity index (χ0n) is 13.2. The predicted molar refractivity (Wildman–Crippen MR) is 92.2 cm³/mol. The minimum Gasteiger partial charge on any atom is -0.497 e. The molecule has 2 aliphatic rings. The molecular weight excluding hydrogens is 286 g/mol. The van der Waals surface area contributed by atoms with Crippen LogP contribution in [0.4, 0.5) is 5.69 Å². The van der Waals surface area contributed by atoms with Gasteiger partial charge in [-0.1, -0.05) is 30.3 Å². The van der Waals surface area contributed by atoms with Gasteiger partial charge >= 0.3 is 0 Å². The molecule has 1 fully saturated rings. The molecule has 2 aliphatic heterocycles. The lowest BCUT2D eigenvalue weighted by Gasteiger charge is -2.29. The Bertz CT molecular complexity index is 696. The summed E-state index contributed by atoms with van der Waals surface area (Å²) in [6, 6.07) is 19.2. The lowest BCUT2D eigenvalue weighted by atomic mass is 9.90. The molecular formula is C19H21N3O. The Kier molecular flexibility index (Phi) is 3.67. The standard InChI is InChI=1S/C19H21N3O/c1-23-16-9-7-14(8-10-16)19-17-13-20-12-11-18(17)21-22(19)15-5-3-2-4-6-15/h2-11,17,19-21H,12-13H2,1H3. The first-order chi connectivity index (χ1) is 11.4.